The highest BCUT2D eigenvalue weighted by molar-refractivity contribution is 5.99. The number of rotatable bonds is 0. The number of benzene rings is 2. The number of fused-ring (bicyclic) bond motifs is 2. The molecule has 0 aliphatic heterocycles. The van der Waals surface area contributed by atoms with Crippen LogP contribution in [0.3, 0.4) is 0 Å². The molecule has 2 aromatic carbocycles. The second kappa shape index (κ2) is 4.35. The molecule has 0 amide bonds. The zero-order chi connectivity index (χ0) is 12.0. The van der Waals surface area contributed by atoms with Crippen molar-refractivity contribution in [1.29, 1.82) is 0 Å². The average molecular weight is 260 g/mol. The van der Waals surface area contributed by atoms with Crippen LogP contribution < -0.4 is 28.4 Å². The Morgan fingerprint density at radius 2 is 1.67 bits per heavy atom. The van der Waals surface area contributed by atoms with Crippen LogP contribution in [-0.2, 0) is 7.05 Å². The van der Waals surface area contributed by atoms with E-state index in [1.165, 1.54) is 10.9 Å². The van der Waals surface area contributed by atoms with Gasteiger partial charge >= 0.3 is 0 Å². The SMILES string of the molecule is C[n+]1c2ccccc2cc2c(N)c(N)ccc21.[Cl-]. The number of hydrogen-bond acceptors (Lipinski definition) is 2. The van der Waals surface area contributed by atoms with Crippen molar-refractivity contribution in [1.82, 2.24) is 0 Å². The Morgan fingerprint density at radius 1 is 0.944 bits per heavy atom. The quantitative estimate of drug-likeness (QED) is 0.309. The van der Waals surface area contributed by atoms with Gasteiger partial charge in [-0.1, -0.05) is 12.1 Å². The van der Waals surface area contributed by atoms with Crippen molar-refractivity contribution in [2.24, 2.45) is 7.05 Å². The van der Waals surface area contributed by atoms with Crippen molar-refractivity contribution >= 4 is 33.2 Å². The van der Waals surface area contributed by atoms with Gasteiger partial charge in [-0.15, -0.1) is 0 Å². The molecule has 1 heterocycles. The van der Waals surface area contributed by atoms with Gasteiger partial charge in [0.1, 0.15) is 7.05 Å². The molecule has 3 aromatic rings. The summed E-state index contributed by atoms with van der Waals surface area (Å²) in [5, 5.41) is 2.17. The Hall–Kier alpha value is -2.00. The number of para-hydroxylation sites is 1. The topological polar surface area (TPSA) is 55.9 Å². The average Bonchev–Trinajstić information content (AvgIpc) is 2.35. The summed E-state index contributed by atoms with van der Waals surface area (Å²) in [5.74, 6) is 0. The first-order valence-electron chi connectivity index (χ1n) is 5.54. The van der Waals surface area contributed by atoms with E-state index in [4.69, 9.17) is 11.5 Å². The lowest BCUT2D eigenvalue weighted by Crippen LogP contribution is -3.00. The van der Waals surface area contributed by atoms with Gasteiger partial charge in [0.2, 0.25) is 11.0 Å². The molecule has 1 aromatic heterocycles. The Bertz CT molecular complexity index is 738. The standard InChI is InChI=1S/C14H13N3.ClH/c1-17-12-5-3-2-4-9(12)8-10-13(17)7-6-11(15)14(10)16;/h2-8,16H,15H2,1H3;1H. The number of nitrogens with two attached hydrogens (primary N) is 2. The van der Waals surface area contributed by atoms with E-state index >= 15 is 0 Å². The van der Waals surface area contributed by atoms with Crippen LogP contribution in [0.4, 0.5) is 11.4 Å². The van der Waals surface area contributed by atoms with Crippen LogP contribution in [0.25, 0.3) is 21.8 Å². The van der Waals surface area contributed by atoms with Gasteiger partial charge in [-0.25, -0.2) is 0 Å². The van der Waals surface area contributed by atoms with Crippen LogP contribution >= 0.6 is 0 Å². The first-order chi connectivity index (χ1) is 8.18. The van der Waals surface area contributed by atoms with E-state index in [0.717, 1.165) is 10.9 Å². The predicted molar refractivity (Wildman–Crippen MR) is 71.5 cm³/mol. The summed E-state index contributed by atoms with van der Waals surface area (Å²) >= 11 is 0. The highest BCUT2D eigenvalue weighted by Gasteiger charge is 2.13. The molecule has 0 saturated heterocycles. The number of pyridine rings is 1. The second-order valence-electron chi connectivity index (χ2n) is 4.26. The van der Waals surface area contributed by atoms with Gasteiger partial charge in [0.05, 0.1) is 16.8 Å². The maximum atomic E-state index is 6.04. The van der Waals surface area contributed by atoms with E-state index in [9.17, 15) is 0 Å². The summed E-state index contributed by atoms with van der Waals surface area (Å²) in [6, 6.07) is 14.2. The Labute approximate surface area is 111 Å². The lowest BCUT2D eigenvalue weighted by atomic mass is 10.1. The maximum Gasteiger partial charge on any atom is 0.215 e. The molecule has 3 nitrogen and oxygen atoms in total. The summed E-state index contributed by atoms with van der Waals surface area (Å²) in [7, 11) is 2.04. The zero-order valence-corrected chi connectivity index (χ0v) is 10.8. The molecule has 92 valence electrons. The smallest absolute Gasteiger partial charge is 0.215 e. The van der Waals surface area contributed by atoms with Gasteiger partial charge in [0, 0.05) is 17.5 Å². The van der Waals surface area contributed by atoms with Crippen LogP contribution in [-0.4, -0.2) is 0 Å². The Kier molecular flexibility index (Phi) is 3.01. The van der Waals surface area contributed by atoms with E-state index < -0.39 is 0 Å². The first kappa shape index (κ1) is 12.5. The number of hydrogen-bond donors (Lipinski definition) is 2. The Balaban J connectivity index is 0.00000120. The number of nitrogens with zero attached hydrogens (tertiary/aromatic N) is 1. The summed E-state index contributed by atoms with van der Waals surface area (Å²) in [6.45, 7) is 0. The minimum absolute atomic E-state index is 0. The monoisotopic (exact) mass is 259 g/mol. The predicted octanol–water partition coefficient (Wildman–Crippen LogP) is -1.01. The third-order valence-corrected chi connectivity index (χ3v) is 3.26. The van der Waals surface area contributed by atoms with Crippen molar-refractivity contribution < 1.29 is 17.0 Å². The summed E-state index contributed by atoms with van der Waals surface area (Å²) in [5.41, 5.74) is 15.5. The fourth-order valence-corrected chi connectivity index (χ4v) is 2.29. The molecule has 18 heavy (non-hydrogen) atoms. The number of aryl methyl sites for hydroxylation is 1. The minimum atomic E-state index is 0. The fraction of sp³-hybridized carbons (Fsp3) is 0.0714. The molecule has 0 aliphatic carbocycles. The molecule has 0 spiro atoms. The molecule has 0 aliphatic rings. The summed E-state index contributed by atoms with van der Waals surface area (Å²) in [4.78, 5) is 0. The largest absolute Gasteiger partial charge is 1.00 e. The molecule has 0 saturated carbocycles. The normalized spacial score (nSPS) is 10.5. The van der Waals surface area contributed by atoms with Crippen molar-refractivity contribution in [2.75, 3.05) is 11.5 Å². The molecule has 0 bridgehead atoms. The van der Waals surface area contributed by atoms with Gasteiger partial charge < -0.3 is 23.9 Å². The number of nitrogen functional groups attached to an aromatic ring is 2. The van der Waals surface area contributed by atoms with E-state index in [0.29, 0.717) is 11.4 Å². The summed E-state index contributed by atoms with van der Waals surface area (Å²) < 4.78 is 2.14. The number of halogens is 1. The molecular formula is C14H14ClN3. The third-order valence-electron chi connectivity index (χ3n) is 3.26. The van der Waals surface area contributed by atoms with Crippen LogP contribution in [0.2, 0.25) is 0 Å². The molecule has 4 N–H and O–H groups in total. The van der Waals surface area contributed by atoms with Crippen molar-refractivity contribution in [3.8, 4) is 0 Å². The lowest BCUT2D eigenvalue weighted by molar-refractivity contribution is -0.617. The second-order valence-corrected chi connectivity index (χ2v) is 4.26. The lowest BCUT2D eigenvalue weighted by Gasteiger charge is -2.06. The van der Waals surface area contributed by atoms with Crippen molar-refractivity contribution in [3.63, 3.8) is 0 Å². The van der Waals surface area contributed by atoms with Crippen molar-refractivity contribution in [3.05, 3.63) is 42.5 Å². The highest BCUT2D eigenvalue weighted by atomic mass is 35.5. The van der Waals surface area contributed by atoms with E-state index in [-0.39, 0.29) is 12.4 Å². The third kappa shape index (κ3) is 1.64. The van der Waals surface area contributed by atoms with Crippen LogP contribution in [0.1, 0.15) is 0 Å². The number of aromatic nitrogens is 1. The number of anilines is 2. The van der Waals surface area contributed by atoms with E-state index in [2.05, 4.69) is 22.8 Å². The molecule has 0 atom stereocenters. The molecule has 0 unspecified atom stereocenters. The Morgan fingerprint density at radius 3 is 2.44 bits per heavy atom. The summed E-state index contributed by atoms with van der Waals surface area (Å²) in [6.07, 6.45) is 0. The van der Waals surface area contributed by atoms with E-state index in [1.807, 2.05) is 31.3 Å². The van der Waals surface area contributed by atoms with E-state index in [1.54, 1.807) is 0 Å². The first-order valence-corrected chi connectivity index (χ1v) is 5.54. The van der Waals surface area contributed by atoms with Crippen LogP contribution in [0, 0.1) is 0 Å². The zero-order valence-electron chi connectivity index (χ0n) is 10.0. The molecule has 3 rings (SSSR count). The fourth-order valence-electron chi connectivity index (χ4n) is 2.29. The van der Waals surface area contributed by atoms with Gasteiger partial charge in [0.15, 0.2) is 0 Å². The minimum Gasteiger partial charge on any atom is -1.00 e. The molecular weight excluding hydrogens is 246 g/mol. The van der Waals surface area contributed by atoms with Crippen LogP contribution in [0.5, 0.6) is 0 Å². The highest BCUT2D eigenvalue weighted by Crippen LogP contribution is 2.27. The van der Waals surface area contributed by atoms with Crippen molar-refractivity contribution in [2.45, 2.75) is 0 Å². The molecule has 0 radical (unpaired) electrons. The molecule has 0 fully saturated rings. The molecule has 4 heteroatoms. The maximum absolute atomic E-state index is 6.04. The van der Waals surface area contributed by atoms with Gasteiger partial charge in [-0.3, -0.25) is 0 Å². The van der Waals surface area contributed by atoms with Gasteiger partial charge in [-0.2, -0.15) is 4.57 Å². The van der Waals surface area contributed by atoms with Gasteiger partial charge in [0.25, 0.3) is 0 Å². The van der Waals surface area contributed by atoms with Crippen LogP contribution in [0.15, 0.2) is 42.5 Å². The van der Waals surface area contributed by atoms with Gasteiger partial charge in [-0.05, 0) is 18.2 Å².